The number of hydrogen-bond acceptors (Lipinski definition) is 5. The monoisotopic (exact) mass is 313 g/mol. The fourth-order valence-electron chi connectivity index (χ4n) is 2.02. The molecule has 0 unspecified atom stereocenters. The third-order valence-electron chi connectivity index (χ3n) is 3.11. The van der Waals surface area contributed by atoms with Crippen LogP contribution in [0.4, 0.5) is 5.69 Å². The van der Waals surface area contributed by atoms with Gasteiger partial charge in [-0.25, -0.2) is 0 Å². The Morgan fingerprint density at radius 1 is 1.26 bits per heavy atom. The van der Waals surface area contributed by atoms with Gasteiger partial charge in [0, 0.05) is 24.5 Å². The molecule has 0 aliphatic carbocycles. The third-order valence-corrected chi connectivity index (χ3v) is 3.11. The third kappa shape index (κ3) is 4.88. The second-order valence-electron chi connectivity index (χ2n) is 5.05. The number of hydrogen-bond donors (Lipinski definition) is 1. The molecule has 0 atom stereocenters. The van der Waals surface area contributed by atoms with E-state index >= 15 is 0 Å². The summed E-state index contributed by atoms with van der Waals surface area (Å²) < 4.78 is 5.66. The average Bonchev–Trinajstić information content (AvgIpc) is 2.54. The van der Waals surface area contributed by atoms with Crippen molar-refractivity contribution in [3.63, 3.8) is 0 Å². The normalized spacial score (nSPS) is 10.2. The maximum atomic E-state index is 11.8. The summed E-state index contributed by atoms with van der Waals surface area (Å²) in [6, 6.07) is 5.02. The van der Waals surface area contributed by atoms with Gasteiger partial charge in [0.15, 0.2) is 5.78 Å². The molecule has 0 fully saturated rings. The summed E-state index contributed by atoms with van der Waals surface area (Å²) in [5.41, 5.74) is 1.67. The predicted molar refractivity (Wildman–Crippen MR) is 86.3 cm³/mol. The first-order valence-electron chi connectivity index (χ1n) is 7.42. The molecule has 6 nitrogen and oxygen atoms in total. The summed E-state index contributed by atoms with van der Waals surface area (Å²) >= 11 is 0. The molecule has 0 spiro atoms. The van der Waals surface area contributed by atoms with Gasteiger partial charge in [-0.2, -0.15) is 0 Å². The zero-order chi connectivity index (χ0) is 16.7. The zero-order valence-electron chi connectivity index (χ0n) is 13.2. The summed E-state index contributed by atoms with van der Waals surface area (Å²) in [7, 11) is 0. The fraction of sp³-hybridized carbons (Fsp3) is 0.294. The van der Waals surface area contributed by atoms with Crippen molar-refractivity contribution < 1.29 is 14.3 Å². The molecule has 1 N–H and O–H groups in total. The van der Waals surface area contributed by atoms with Gasteiger partial charge in [0.1, 0.15) is 12.4 Å². The smallest absolute Gasteiger partial charge is 0.224 e. The van der Waals surface area contributed by atoms with E-state index in [9.17, 15) is 9.59 Å². The lowest BCUT2D eigenvalue weighted by molar-refractivity contribution is -0.116. The predicted octanol–water partition coefficient (Wildman–Crippen LogP) is 3.00. The minimum absolute atomic E-state index is 0.0739. The first kappa shape index (κ1) is 16.6. The number of aromatic nitrogens is 2. The van der Waals surface area contributed by atoms with E-state index in [1.807, 2.05) is 6.92 Å². The Balaban J connectivity index is 2.13. The van der Waals surface area contributed by atoms with Crippen molar-refractivity contribution in [1.29, 1.82) is 0 Å². The maximum absolute atomic E-state index is 11.8. The van der Waals surface area contributed by atoms with Crippen LogP contribution in [-0.2, 0) is 11.4 Å². The number of ether oxygens (including phenoxy) is 1. The van der Waals surface area contributed by atoms with Crippen LogP contribution in [0.2, 0.25) is 0 Å². The summed E-state index contributed by atoms with van der Waals surface area (Å²) in [4.78, 5) is 31.5. The molecular weight excluding hydrogens is 294 g/mol. The topological polar surface area (TPSA) is 81.2 Å². The van der Waals surface area contributed by atoms with E-state index in [1.54, 1.807) is 36.8 Å². The lowest BCUT2D eigenvalue weighted by Crippen LogP contribution is -2.11. The van der Waals surface area contributed by atoms with Crippen LogP contribution >= 0.6 is 0 Å². The molecule has 1 aromatic heterocycles. The van der Waals surface area contributed by atoms with Gasteiger partial charge < -0.3 is 10.1 Å². The average molecular weight is 313 g/mol. The molecule has 1 aromatic carbocycles. The summed E-state index contributed by atoms with van der Waals surface area (Å²) in [5, 5.41) is 2.77. The molecule has 0 bridgehead atoms. The number of nitrogens with one attached hydrogen (secondary N) is 1. The Kier molecular flexibility index (Phi) is 5.80. The minimum atomic E-state index is -0.134. The molecule has 2 rings (SSSR count). The van der Waals surface area contributed by atoms with E-state index in [-0.39, 0.29) is 18.3 Å². The van der Waals surface area contributed by atoms with Crippen molar-refractivity contribution >= 4 is 17.4 Å². The zero-order valence-corrected chi connectivity index (χ0v) is 13.2. The molecule has 0 saturated carbocycles. The van der Waals surface area contributed by atoms with Crippen molar-refractivity contribution in [1.82, 2.24) is 9.97 Å². The Bertz CT molecular complexity index is 687. The highest BCUT2D eigenvalue weighted by atomic mass is 16.5. The molecule has 0 saturated heterocycles. The van der Waals surface area contributed by atoms with Gasteiger partial charge in [0.2, 0.25) is 5.91 Å². The number of Topliss-reactive ketones (excluding diaryl/α,β-unsaturated/α-hetero) is 1. The number of anilines is 1. The first-order valence-corrected chi connectivity index (χ1v) is 7.42. The molecule has 0 aliphatic rings. The number of nitrogens with zero attached hydrogens (tertiary/aromatic N) is 2. The molecule has 6 heteroatoms. The van der Waals surface area contributed by atoms with Gasteiger partial charge in [-0.05, 0) is 31.5 Å². The lowest BCUT2D eigenvalue weighted by Gasteiger charge is -2.12. The Hall–Kier alpha value is -2.76. The molecule has 1 heterocycles. The quantitative estimate of drug-likeness (QED) is 0.795. The number of ketones is 1. The van der Waals surface area contributed by atoms with Gasteiger partial charge in [0.25, 0.3) is 0 Å². The largest absolute Gasteiger partial charge is 0.486 e. The highest BCUT2D eigenvalue weighted by Crippen LogP contribution is 2.24. The molecule has 23 heavy (non-hydrogen) atoms. The van der Waals surface area contributed by atoms with Gasteiger partial charge >= 0.3 is 0 Å². The van der Waals surface area contributed by atoms with Crippen LogP contribution in [0.15, 0.2) is 36.8 Å². The van der Waals surface area contributed by atoms with Crippen molar-refractivity contribution in [3.8, 4) is 5.75 Å². The van der Waals surface area contributed by atoms with E-state index in [2.05, 4.69) is 15.3 Å². The van der Waals surface area contributed by atoms with Gasteiger partial charge in [-0.15, -0.1) is 0 Å². The van der Waals surface area contributed by atoms with Crippen molar-refractivity contribution in [2.24, 2.45) is 0 Å². The van der Waals surface area contributed by atoms with Crippen LogP contribution < -0.4 is 10.1 Å². The van der Waals surface area contributed by atoms with Crippen LogP contribution in [0.25, 0.3) is 0 Å². The Morgan fingerprint density at radius 3 is 2.74 bits per heavy atom. The second-order valence-corrected chi connectivity index (χ2v) is 5.05. The second kappa shape index (κ2) is 8.03. The van der Waals surface area contributed by atoms with Crippen LogP contribution in [0.5, 0.6) is 5.75 Å². The number of benzene rings is 1. The lowest BCUT2D eigenvalue weighted by atomic mass is 10.1. The van der Waals surface area contributed by atoms with Crippen LogP contribution in [0.1, 0.15) is 42.7 Å². The number of rotatable bonds is 7. The fourth-order valence-corrected chi connectivity index (χ4v) is 2.02. The summed E-state index contributed by atoms with van der Waals surface area (Å²) in [5.74, 6) is 0.248. The molecule has 0 aliphatic heterocycles. The van der Waals surface area contributed by atoms with E-state index < -0.39 is 0 Å². The Labute approximate surface area is 134 Å². The SMILES string of the molecule is CCCC(=O)Nc1ccc(OCc2cnccn2)c(C(C)=O)c1. The van der Waals surface area contributed by atoms with Crippen molar-refractivity contribution in [3.05, 3.63) is 48.0 Å². The van der Waals surface area contributed by atoms with Gasteiger partial charge in [-0.1, -0.05) is 6.92 Å². The molecule has 0 radical (unpaired) electrons. The molecule has 2 aromatic rings. The standard InChI is InChI=1S/C17H19N3O3/c1-3-4-17(22)20-13-5-6-16(15(9-13)12(2)21)23-11-14-10-18-7-8-19-14/h5-10H,3-4,11H2,1-2H3,(H,20,22). The number of carbonyl (C=O) groups excluding carboxylic acids is 2. The molecule has 1 amide bonds. The summed E-state index contributed by atoms with van der Waals surface area (Å²) in [6.45, 7) is 3.61. The van der Waals surface area contributed by atoms with Gasteiger partial charge in [0.05, 0.1) is 17.5 Å². The number of carbonyl (C=O) groups is 2. The van der Waals surface area contributed by atoms with E-state index in [4.69, 9.17) is 4.74 Å². The summed E-state index contributed by atoms with van der Waals surface area (Å²) in [6.07, 6.45) is 5.98. The Morgan fingerprint density at radius 2 is 2.09 bits per heavy atom. The first-order chi connectivity index (χ1) is 11.1. The number of amides is 1. The van der Waals surface area contributed by atoms with Crippen LogP contribution in [0.3, 0.4) is 0 Å². The molecule has 120 valence electrons. The van der Waals surface area contributed by atoms with E-state index in [1.165, 1.54) is 6.92 Å². The van der Waals surface area contributed by atoms with Gasteiger partial charge in [-0.3, -0.25) is 19.6 Å². The highest BCUT2D eigenvalue weighted by molar-refractivity contribution is 5.99. The van der Waals surface area contributed by atoms with E-state index in [0.29, 0.717) is 29.1 Å². The highest BCUT2D eigenvalue weighted by Gasteiger charge is 2.11. The van der Waals surface area contributed by atoms with Crippen molar-refractivity contribution in [2.45, 2.75) is 33.3 Å². The van der Waals surface area contributed by atoms with E-state index in [0.717, 1.165) is 6.42 Å². The maximum Gasteiger partial charge on any atom is 0.224 e. The van der Waals surface area contributed by atoms with Crippen molar-refractivity contribution in [2.75, 3.05) is 5.32 Å². The van der Waals surface area contributed by atoms with Crippen LogP contribution in [-0.4, -0.2) is 21.7 Å². The minimum Gasteiger partial charge on any atom is -0.486 e. The van der Waals surface area contributed by atoms with Crippen LogP contribution in [0, 0.1) is 0 Å². The molecular formula is C17H19N3O3.